The number of anilines is 1. The third kappa shape index (κ3) is 4.48. The van der Waals surface area contributed by atoms with Gasteiger partial charge in [0, 0.05) is 42.2 Å². The van der Waals surface area contributed by atoms with Crippen LogP contribution in [0.4, 0.5) is 5.82 Å². The van der Waals surface area contributed by atoms with Gasteiger partial charge in [-0.25, -0.2) is 9.48 Å². The number of aryl methyl sites for hydroxylation is 1. The van der Waals surface area contributed by atoms with Crippen molar-refractivity contribution < 1.29 is 14.3 Å². The SMILES string of the molecule is CCCn1nccc1NC(=O)/C=C/c1c(C(=O)OCC)c(C)n(CC)c1C. The summed E-state index contributed by atoms with van der Waals surface area (Å²) in [4.78, 5) is 24.8. The van der Waals surface area contributed by atoms with E-state index in [4.69, 9.17) is 4.74 Å². The van der Waals surface area contributed by atoms with Crippen LogP contribution >= 0.6 is 0 Å². The molecule has 27 heavy (non-hydrogen) atoms. The maximum atomic E-state index is 12.4. The number of rotatable bonds is 8. The summed E-state index contributed by atoms with van der Waals surface area (Å²) in [6, 6.07) is 1.76. The van der Waals surface area contributed by atoms with Crippen molar-refractivity contribution in [1.29, 1.82) is 0 Å². The number of ether oxygens (including phenoxy) is 1. The minimum atomic E-state index is -0.369. The van der Waals surface area contributed by atoms with E-state index < -0.39 is 0 Å². The fourth-order valence-corrected chi connectivity index (χ4v) is 3.20. The zero-order valence-corrected chi connectivity index (χ0v) is 16.7. The fraction of sp³-hybridized carbons (Fsp3) is 0.450. The molecule has 146 valence electrons. The quantitative estimate of drug-likeness (QED) is 0.568. The van der Waals surface area contributed by atoms with E-state index >= 15 is 0 Å². The number of esters is 1. The molecule has 0 spiro atoms. The predicted molar refractivity (Wildman–Crippen MR) is 106 cm³/mol. The van der Waals surface area contributed by atoms with Gasteiger partial charge in [0.2, 0.25) is 5.91 Å². The van der Waals surface area contributed by atoms with Crippen molar-refractivity contribution in [3.63, 3.8) is 0 Å². The molecule has 0 fully saturated rings. The topological polar surface area (TPSA) is 78.2 Å². The monoisotopic (exact) mass is 372 g/mol. The van der Waals surface area contributed by atoms with Crippen LogP contribution in [0.2, 0.25) is 0 Å². The number of nitrogens with one attached hydrogen (secondary N) is 1. The lowest BCUT2D eigenvalue weighted by molar-refractivity contribution is -0.111. The molecule has 0 aliphatic rings. The van der Waals surface area contributed by atoms with Gasteiger partial charge in [0.05, 0.1) is 18.4 Å². The Labute approximate surface area is 160 Å². The highest BCUT2D eigenvalue weighted by atomic mass is 16.5. The van der Waals surface area contributed by atoms with E-state index in [0.29, 0.717) is 23.6 Å². The molecule has 0 radical (unpaired) electrons. The summed E-state index contributed by atoms with van der Waals surface area (Å²) in [5.74, 6) is 0.00601. The Morgan fingerprint density at radius 1 is 1.22 bits per heavy atom. The van der Waals surface area contributed by atoms with Gasteiger partial charge in [-0.05, 0) is 40.2 Å². The van der Waals surface area contributed by atoms with Crippen LogP contribution in [-0.2, 0) is 22.6 Å². The molecular weight excluding hydrogens is 344 g/mol. The van der Waals surface area contributed by atoms with Gasteiger partial charge in [-0.15, -0.1) is 0 Å². The van der Waals surface area contributed by atoms with Crippen LogP contribution in [-0.4, -0.2) is 32.8 Å². The zero-order valence-electron chi connectivity index (χ0n) is 16.7. The molecule has 0 aliphatic carbocycles. The van der Waals surface area contributed by atoms with Gasteiger partial charge in [-0.3, -0.25) is 4.79 Å². The van der Waals surface area contributed by atoms with E-state index in [1.165, 1.54) is 6.08 Å². The van der Waals surface area contributed by atoms with E-state index in [0.717, 1.165) is 30.9 Å². The molecule has 0 aliphatic heterocycles. The molecule has 1 N–H and O–H groups in total. The number of aromatic nitrogens is 3. The highest BCUT2D eigenvalue weighted by molar-refractivity contribution is 6.03. The Kier molecular flexibility index (Phi) is 6.98. The summed E-state index contributed by atoms with van der Waals surface area (Å²) in [6.07, 6.45) is 5.69. The lowest BCUT2D eigenvalue weighted by Gasteiger charge is -2.06. The third-order valence-electron chi connectivity index (χ3n) is 4.43. The van der Waals surface area contributed by atoms with E-state index in [1.54, 1.807) is 29.9 Å². The maximum Gasteiger partial charge on any atom is 0.340 e. The number of hydrogen-bond acceptors (Lipinski definition) is 4. The molecule has 2 aromatic heterocycles. The second-order valence-electron chi connectivity index (χ2n) is 6.19. The molecule has 0 saturated heterocycles. The predicted octanol–water partition coefficient (Wildman–Crippen LogP) is 3.56. The van der Waals surface area contributed by atoms with Crippen LogP contribution in [0.1, 0.15) is 54.5 Å². The summed E-state index contributed by atoms with van der Waals surface area (Å²) in [6.45, 7) is 11.4. The molecule has 2 aromatic rings. The summed E-state index contributed by atoms with van der Waals surface area (Å²) in [5.41, 5.74) is 2.99. The van der Waals surface area contributed by atoms with Crippen molar-refractivity contribution >= 4 is 23.8 Å². The first-order chi connectivity index (χ1) is 12.9. The van der Waals surface area contributed by atoms with Gasteiger partial charge in [0.15, 0.2) is 0 Å². The first-order valence-corrected chi connectivity index (χ1v) is 9.32. The Morgan fingerprint density at radius 2 is 1.96 bits per heavy atom. The first-order valence-electron chi connectivity index (χ1n) is 9.32. The third-order valence-corrected chi connectivity index (χ3v) is 4.43. The Balaban J connectivity index is 2.28. The van der Waals surface area contributed by atoms with Gasteiger partial charge in [-0.2, -0.15) is 5.10 Å². The van der Waals surface area contributed by atoms with Crippen molar-refractivity contribution in [3.8, 4) is 0 Å². The maximum absolute atomic E-state index is 12.4. The molecule has 7 heteroatoms. The number of hydrogen-bond donors (Lipinski definition) is 1. The smallest absolute Gasteiger partial charge is 0.340 e. The van der Waals surface area contributed by atoms with E-state index in [-0.39, 0.29) is 11.9 Å². The lowest BCUT2D eigenvalue weighted by atomic mass is 10.1. The number of carbonyl (C=O) groups excluding carboxylic acids is 2. The van der Waals surface area contributed by atoms with Crippen LogP contribution in [0.3, 0.4) is 0 Å². The molecule has 0 saturated carbocycles. The molecule has 2 rings (SSSR count). The molecule has 0 unspecified atom stereocenters. The Bertz CT molecular complexity index is 846. The minimum Gasteiger partial charge on any atom is -0.462 e. The molecule has 0 atom stereocenters. The van der Waals surface area contributed by atoms with Gasteiger partial charge in [-0.1, -0.05) is 6.92 Å². The van der Waals surface area contributed by atoms with E-state index in [9.17, 15) is 9.59 Å². The highest BCUT2D eigenvalue weighted by Crippen LogP contribution is 2.25. The highest BCUT2D eigenvalue weighted by Gasteiger charge is 2.22. The lowest BCUT2D eigenvalue weighted by Crippen LogP contribution is -2.13. The molecule has 2 heterocycles. The van der Waals surface area contributed by atoms with E-state index in [2.05, 4.69) is 10.4 Å². The summed E-state index contributed by atoms with van der Waals surface area (Å²) < 4.78 is 8.99. The van der Waals surface area contributed by atoms with Gasteiger partial charge in [0.1, 0.15) is 5.82 Å². The van der Waals surface area contributed by atoms with Crippen LogP contribution in [0, 0.1) is 13.8 Å². The van der Waals surface area contributed by atoms with Crippen molar-refractivity contribution in [2.24, 2.45) is 0 Å². The van der Waals surface area contributed by atoms with Gasteiger partial charge < -0.3 is 14.6 Å². The van der Waals surface area contributed by atoms with Crippen molar-refractivity contribution in [1.82, 2.24) is 14.3 Å². The van der Waals surface area contributed by atoms with E-state index in [1.807, 2.05) is 32.3 Å². The van der Waals surface area contributed by atoms with Gasteiger partial charge in [0.25, 0.3) is 0 Å². The summed E-state index contributed by atoms with van der Waals surface area (Å²) in [7, 11) is 0. The summed E-state index contributed by atoms with van der Waals surface area (Å²) >= 11 is 0. The molecule has 7 nitrogen and oxygen atoms in total. The minimum absolute atomic E-state index is 0.274. The second-order valence-corrected chi connectivity index (χ2v) is 6.19. The second kappa shape index (κ2) is 9.21. The van der Waals surface area contributed by atoms with Crippen LogP contribution in [0.25, 0.3) is 6.08 Å². The van der Waals surface area contributed by atoms with Crippen molar-refractivity contribution in [2.45, 2.75) is 54.1 Å². The number of nitrogens with zero attached hydrogens (tertiary/aromatic N) is 3. The van der Waals surface area contributed by atoms with Crippen LogP contribution < -0.4 is 5.32 Å². The molecule has 0 aromatic carbocycles. The fourth-order valence-electron chi connectivity index (χ4n) is 3.20. The average molecular weight is 372 g/mol. The standard InChI is InChI=1S/C20H28N4O3/c1-6-13-24-17(11-12-21-24)22-18(25)10-9-16-14(4)23(7-2)15(5)19(16)20(26)27-8-3/h9-12H,6-8,13H2,1-5H3,(H,22,25)/b10-9+. The zero-order chi connectivity index (χ0) is 20.0. The Hall–Kier alpha value is -2.83. The summed E-state index contributed by atoms with van der Waals surface area (Å²) in [5, 5.41) is 7.01. The normalized spacial score (nSPS) is 11.1. The van der Waals surface area contributed by atoms with Gasteiger partial charge >= 0.3 is 5.97 Å². The largest absolute Gasteiger partial charge is 0.462 e. The van der Waals surface area contributed by atoms with Crippen LogP contribution in [0.15, 0.2) is 18.3 Å². The van der Waals surface area contributed by atoms with Crippen LogP contribution in [0.5, 0.6) is 0 Å². The number of carbonyl (C=O) groups is 2. The Morgan fingerprint density at radius 3 is 2.59 bits per heavy atom. The molecular formula is C20H28N4O3. The average Bonchev–Trinajstić information content (AvgIpc) is 3.15. The molecule has 0 bridgehead atoms. The molecule has 1 amide bonds. The van der Waals surface area contributed by atoms with Crippen molar-refractivity contribution in [2.75, 3.05) is 11.9 Å². The number of amides is 1. The van der Waals surface area contributed by atoms with Crippen molar-refractivity contribution in [3.05, 3.63) is 40.9 Å². The first kappa shape index (κ1) is 20.5.